The lowest BCUT2D eigenvalue weighted by Gasteiger charge is -2.30. The van der Waals surface area contributed by atoms with Crippen LogP contribution in [0.4, 0.5) is 0 Å². The number of piperidine rings is 1. The standard InChI is InChI=1S/C10H23N3O2S/c1-10(11)6-9-12(2)16(14,15)13-7-4-3-5-8-13/h10H,3-9,11H2,1-2H3. The molecule has 1 aliphatic heterocycles. The Bertz CT molecular complexity index is 297. The van der Waals surface area contributed by atoms with Gasteiger partial charge in [-0.2, -0.15) is 17.0 Å². The van der Waals surface area contributed by atoms with E-state index < -0.39 is 10.2 Å². The van der Waals surface area contributed by atoms with E-state index in [-0.39, 0.29) is 6.04 Å². The summed E-state index contributed by atoms with van der Waals surface area (Å²) in [6.07, 6.45) is 3.78. The second kappa shape index (κ2) is 5.95. The molecule has 0 amide bonds. The van der Waals surface area contributed by atoms with Crippen LogP contribution in [0.5, 0.6) is 0 Å². The molecule has 96 valence electrons. The van der Waals surface area contributed by atoms with E-state index in [1.54, 1.807) is 11.4 Å². The summed E-state index contributed by atoms with van der Waals surface area (Å²) in [6.45, 7) is 3.70. The maximum atomic E-state index is 12.1. The summed E-state index contributed by atoms with van der Waals surface area (Å²) in [5.41, 5.74) is 5.63. The second-order valence-electron chi connectivity index (χ2n) is 4.55. The van der Waals surface area contributed by atoms with E-state index in [4.69, 9.17) is 5.73 Å². The first-order chi connectivity index (χ1) is 7.44. The first-order valence-electron chi connectivity index (χ1n) is 5.91. The maximum Gasteiger partial charge on any atom is 0.281 e. The maximum absolute atomic E-state index is 12.1. The number of nitrogens with two attached hydrogens (primary N) is 1. The number of rotatable bonds is 5. The van der Waals surface area contributed by atoms with Gasteiger partial charge in [0, 0.05) is 32.7 Å². The van der Waals surface area contributed by atoms with Crippen LogP contribution in [0.15, 0.2) is 0 Å². The smallest absolute Gasteiger partial charge is 0.281 e. The van der Waals surface area contributed by atoms with Crippen molar-refractivity contribution in [2.24, 2.45) is 5.73 Å². The Morgan fingerprint density at radius 1 is 1.31 bits per heavy atom. The fraction of sp³-hybridized carbons (Fsp3) is 1.00. The van der Waals surface area contributed by atoms with Crippen molar-refractivity contribution in [3.05, 3.63) is 0 Å². The summed E-state index contributed by atoms with van der Waals surface area (Å²) in [5.74, 6) is 0. The molecule has 0 aliphatic carbocycles. The Kier molecular flexibility index (Phi) is 5.17. The first kappa shape index (κ1) is 13.9. The van der Waals surface area contributed by atoms with Gasteiger partial charge >= 0.3 is 0 Å². The Morgan fingerprint density at radius 3 is 2.38 bits per heavy atom. The van der Waals surface area contributed by atoms with Crippen LogP contribution in [-0.2, 0) is 10.2 Å². The van der Waals surface area contributed by atoms with Gasteiger partial charge in [0.2, 0.25) is 0 Å². The number of hydrogen-bond acceptors (Lipinski definition) is 3. The van der Waals surface area contributed by atoms with Crippen LogP contribution in [0.25, 0.3) is 0 Å². The molecular weight excluding hydrogens is 226 g/mol. The van der Waals surface area contributed by atoms with Crippen LogP contribution in [0, 0.1) is 0 Å². The van der Waals surface area contributed by atoms with Crippen molar-refractivity contribution in [2.75, 3.05) is 26.7 Å². The molecule has 1 fully saturated rings. The van der Waals surface area contributed by atoms with E-state index >= 15 is 0 Å². The van der Waals surface area contributed by atoms with E-state index in [2.05, 4.69) is 0 Å². The minimum absolute atomic E-state index is 0.0407. The lowest BCUT2D eigenvalue weighted by molar-refractivity contribution is 0.313. The van der Waals surface area contributed by atoms with Crippen molar-refractivity contribution < 1.29 is 8.42 Å². The highest BCUT2D eigenvalue weighted by molar-refractivity contribution is 7.86. The van der Waals surface area contributed by atoms with Crippen molar-refractivity contribution in [1.82, 2.24) is 8.61 Å². The van der Waals surface area contributed by atoms with E-state index in [9.17, 15) is 8.42 Å². The molecule has 6 heteroatoms. The van der Waals surface area contributed by atoms with Gasteiger partial charge in [0.25, 0.3) is 10.2 Å². The number of nitrogens with zero attached hydrogens (tertiary/aromatic N) is 2. The van der Waals surface area contributed by atoms with E-state index in [1.165, 1.54) is 4.31 Å². The predicted octanol–water partition coefficient (Wildman–Crippen LogP) is 0.386. The van der Waals surface area contributed by atoms with Crippen LogP contribution in [0.2, 0.25) is 0 Å². The van der Waals surface area contributed by atoms with Crippen LogP contribution in [0.1, 0.15) is 32.6 Å². The molecule has 0 aromatic rings. The van der Waals surface area contributed by atoms with Gasteiger partial charge in [-0.25, -0.2) is 0 Å². The second-order valence-corrected chi connectivity index (χ2v) is 6.59. The van der Waals surface area contributed by atoms with Crippen molar-refractivity contribution in [2.45, 2.75) is 38.6 Å². The normalized spacial score (nSPS) is 21.2. The van der Waals surface area contributed by atoms with Crippen molar-refractivity contribution >= 4 is 10.2 Å². The Morgan fingerprint density at radius 2 is 1.88 bits per heavy atom. The van der Waals surface area contributed by atoms with Gasteiger partial charge < -0.3 is 5.73 Å². The third-order valence-corrected chi connectivity index (χ3v) is 4.92. The van der Waals surface area contributed by atoms with Crippen LogP contribution in [-0.4, -0.2) is 49.8 Å². The van der Waals surface area contributed by atoms with Crippen molar-refractivity contribution in [1.29, 1.82) is 0 Å². The molecule has 1 heterocycles. The highest BCUT2D eigenvalue weighted by atomic mass is 32.2. The summed E-state index contributed by atoms with van der Waals surface area (Å²) >= 11 is 0. The summed E-state index contributed by atoms with van der Waals surface area (Å²) < 4.78 is 27.2. The van der Waals surface area contributed by atoms with Gasteiger partial charge in [0.05, 0.1) is 0 Å². The molecule has 1 saturated heterocycles. The Hall–Kier alpha value is -0.170. The lowest BCUT2D eigenvalue weighted by atomic mass is 10.2. The van der Waals surface area contributed by atoms with Crippen molar-refractivity contribution in [3.63, 3.8) is 0 Å². The zero-order valence-electron chi connectivity index (χ0n) is 10.2. The number of hydrogen-bond donors (Lipinski definition) is 1. The van der Waals surface area contributed by atoms with Crippen molar-refractivity contribution in [3.8, 4) is 0 Å². The van der Waals surface area contributed by atoms with Crippen LogP contribution in [0.3, 0.4) is 0 Å². The highest BCUT2D eigenvalue weighted by Crippen LogP contribution is 2.15. The zero-order chi connectivity index (χ0) is 12.2. The van der Waals surface area contributed by atoms with Gasteiger partial charge in [-0.15, -0.1) is 0 Å². The van der Waals surface area contributed by atoms with Gasteiger partial charge in [0.15, 0.2) is 0 Å². The lowest BCUT2D eigenvalue weighted by Crippen LogP contribution is -2.45. The monoisotopic (exact) mass is 249 g/mol. The molecule has 0 radical (unpaired) electrons. The molecule has 0 aromatic carbocycles. The molecule has 0 bridgehead atoms. The molecule has 1 rings (SSSR count). The molecule has 2 N–H and O–H groups in total. The molecule has 1 aliphatic rings. The van der Waals surface area contributed by atoms with Gasteiger partial charge in [-0.3, -0.25) is 0 Å². The molecule has 5 nitrogen and oxygen atoms in total. The average molecular weight is 249 g/mol. The van der Waals surface area contributed by atoms with Crippen LogP contribution < -0.4 is 5.73 Å². The minimum atomic E-state index is -3.25. The molecule has 0 spiro atoms. The predicted molar refractivity (Wildman–Crippen MR) is 65.2 cm³/mol. The van der Waals surface area contributed by atoms with Gasteiger partial charge in [-0.1, -0.05) is 6.42 Å². The molecule has 0 saturated carbocycles. The Balaban J connectivity index is 2.54. The summed E-state index contributed by atoms with van der Waals surface area (Å²) in [6, 6.07) is 0.0407. The third-order valence-electron chi connectivity index (χ3n) is 2.93. The highest BCUT2D eigenvalue weighted by Gasteiger charge is 2.27. The third kappa shape index (κ3) is 3.69. The van der Waals surface area contributed by atoms with E-state index in [0.29, 0.717) is 26.1 Å². The summed E-state index contributed by atoms with van der Waals surface area (Å²) in [5, 5.41) is 0. The van der Waals surface area contributed by atoms with Gasteiger partial charge in [0.1, 0.15) is 0 Å². The average Bonchev–Trinajstić information content (AvgIpc) is 2.27. The Labute approximate surface area is 98.8 Å². The fourth-order valence-electron chi connectivity index (χ4n) is 1.79. The van der Waals surface area contributed by atoms with Crippen LogP contribution >= 0.6 is 0 Å². The van der Waals surface area contributed by atoms with E-state index in [0.717, 1.165) is 19.3 Å². The summed E-state index contributed by atoms with van der Waals surface area (Å²) in [4.78, 5) is 0. The molecule has 1 atom stereocenters. The van der Waals surface area contributed by atoms with Gasteiger partial charge in [-0.05, 0) is 26.2 Å². The fourth-order valence-corrected chi connectivity index (χ4v) is 3.24. The molecular formula is C10H23N3O2S. The minimum Gasteiger partial charge on any atom is -0.328 e. The zero-order valence-corrected chi connectivity index (χ0v) is 11.0. The van der Waals surface area contributed by atoms with E-state index in [1.807, 2.05) is 6.92 Å². The first-order valence-corrected chi connectivity index (χ1v) is 7.31. The molecule has 16 heavy (non-hydrogen) atoms. The summed E-state index contributed by atoms with van der Waals surface area (Å²) in [7, 11) is -1.62. The SMILES string of the molecule is CC(N)CCN(C)S(=O)(=O)N1CCCCC1. The largest absolute Gasteiger partial charge is 0.328 e. The topological polar surface area (TPSA) is 66.6 Å². The molecule has 1 unspecified atom stereocenters. The molecule has 0 aromatic heterocycles. The quantitative estimate of drug-likeness (QED) is 0.766.